The van der Waals surface area contributed by atoms with E-state index in [1.165, 1.54) is 17.3 Å². The molecule has 0 aliphatic heterocycles. The third kappa shape index (κ3) is 3.26. The first-order chi connectivity index (χ1) is 10.7. The molecular formula is C17H14N2O2S. The molecule has 2 aromatic carbocycles. The minimum absolute atomic E-state index is 0.0172. The predicted octanol–water partition coefficient (Wildman–Crippen LogP) is 3.40. The van der Waals surface area contributed by atoms with E-state index in [4.69, 9.17) is 5.11 Å². The van der Waals surface area contributed by atoms with Gasteiger partial charge in [-0.15, -0.1) is 5.10 Å². The van der Waals surface area contributed by atoms with Crippen LogP contribution in [0.3, 0.4) is 0 Å². The van der Waals surface area contributed by atoms with Gasteiger partial charge in [0.1, 0.15) is 5.03 Å². The highest BCUT2D eigenvalue weighted by molar-refractivity contribution is 8.00. The summed E-state index contributed by atoms with van der Waals surface area (Å²) in [6.07, 6.45) is 0.707. The molecule has 0 unspecified atom stereocenters. The first-order valence-corrected chi connectivity index (χ1v) is 7.85. The van der Waals surface area contributed by atoms with Crippen LogP contribution < -0.4 is 0 Å². The Kier molecular flexibility index (Phi) is 4.34. The lowest BCUT2D eigenvalue weighted by Crippen LogP contribution is -2.02. The molecule has 0 fully saturated rings. The van der Waals surface area contributed by atoms with E-state index in [-0.39, 0.29) is 5.75 Å². The summed E-state index contributed by atoms with van der Waals surface area (Å²) in [5.74, 6) is -0.874. The van der Waals surface area contributed by atoms with Crippen LogP contribution in [0.25, 0.3) is 10.8 Å². The molecule has 110 valence electrons. The van der Waals surface area contributed by atoms with Crippen LogP contribution in [0.15, 0.2) is 59.6 Å². The van der Waals surface area contributed by atoms with E-state index in [0.29, 0.717) is 11.4 Å². The predicted molar refractivity (Wildman–Crippen MR) is 87.1 cm³/mol. The summed E-state index contributed by atoms with van der Waals surface area (Å²) in [6, 6.07) is 18.0. The standard InChI is InChI=1S/C17H14N2O2S/c20-16(21)11-22-17-14-9-5-4-8-13(14)15(18-19-17)10-12-6-2-1-3-7-12/h1-9H,10-11H2,(H,20,21). The van der Waals surface area contributed by atoms with E-state index in [9.17, 15) is 4.79 Å². The molecule has 0 bridgehead atoms. The molecule has 0 aliphatic carbocycles. The molecule has 1 aromatic heterocycles. The van der Waals surface area contributed by atoms with Crippen molar-refractivity contribution in [3.05, 3.63) is 65.9 Å². The van der Waals surface area contributed by atoms with Gasteiger partial charge in [0.25, 0.3) is 0 Å². The molecule has 1 N–H and O–H groups in total. The maximum absolute atomic E-state index is 10.7. The number of carboxylic acid groups (broad SMARTS) is 1. The highest BCUT2D eigenvalue weighted by Gasteiger charge is 2.11. The maximum Gasteiger partial charge on any atom is 0.313 e. The Labute approximate surface area is 132 Å². The SMILES string of the molecule is O=C(O)CSc1nnc(Cc2ccccc2)c2ccccc12. The van der Waals surface area contributed by atoms with E-state index >= 15 is 0 Å². The number of thioether (sulfide) groups is 1. The van der Waals surface area contributed by atoms with Gasteiger partial charge in [-0.2, -0.15) is 5.10 Å². The van der Waals surface area contributed by atoms with Crippen molar-refractivity contribution in [1.29, 1.82) is 0 Å². The minimum atomic E-state index is -0.857. The van der Waals surface area contributed by atoms with Crippen LogP contribution >= 0.6 is 11.8 Å². The van der Waals surface area contributed by atoms with Crippen molar-refractivity contribution in [3.63, 3.8) is 0 Å². The number of hydrogen-bond donors (Lipinski definition) is 1. The number of fused-ring (bicyclic) bond motifs is 1. The van der Waals surface area contributed by atoms with E-state index in [1.54, 1.807) is 0 Å². The van der Waals surface area contributed by atoms with Crippen LogP contribution in [0.2, 0.25) is 0 Å². The van der Waals surface area contributed by atoms with Gasteiger partial charge in [0.2, 0.25) is 0 Å². The molecule has 0 spiro atoms. The minimum Gasteiger partial charge on any atom is -0.481 e. The van der Waals surface area contributed by atoms with Crippen LogP contribution in [0, 0.1) is 0 Å². The number of carboxylic acids is 1. The first kappa shape index (κ1) is 14.5. The number of benzene rings is 2. The third-order valence-corrected chi connectivity index (χ3v) is 4.24. The normalized spacial score (nSPS) is 10.7. The summed E-state index contributed by atoms with van der Waals surface area (Å²) in [5.41, 5.74) is 2.08. The summed E-state index contributed by atoms with van der Waals surface area (Å²) in [5, 5.41) is 20.0. The molecule has 0 atom stereocenters. The van der Waals surface area contributed by atoms with Gasteiger partial charge < -0.3 is 5.11 Å². The van der Waals surface area contributed by atoms with Gasteiger partial charge in [0.15, 0.2) is 0 Å². The van der Waals surface area contributed by atoms with E-state index in [0.717, 1.165) is 16.5 Å². The largest absolute Gasteiger partial charge is 0.481 e. The zero-order chi connectivity index (χ0) is 15.4. The second-order valence-corrected chi connectivity index (χ2v) is 5.81. The van der Waals surface area contributed by atoms with Crippen LogP contribution in [0.1, 0.15) is 11.3 Å². The Morgan fingerprint density at radius 1 is 0.955 bits per heavy atom. The molecule has 1 heterocycles. The van der Waals surface area contributed by atoms with E-state index in [2.05, 4.69) is 22.3 Å². The molecular weight excluding hydrogens is 296 g/mol. The Balaban J connectivity index is 1.99. The van der Waals surface area contributed by atoms with Gasteiger partial charge in [-0.1, -0.05) is 66.4 Å². The maximum atomic E-state index is 10.7. The number of rotatable bonds is 5. The average Bonchev–Trinajstić information content (AvgIpc) is 2.55. The van der Waals surface area contributed by atoms with E-state index < -0.39 is 5.97 Å². The average molecular weight is 310 g/mol. The summed E-state index contributed by atoms with van der Waals surface area (Å²) in [7, 11) is 0. The molecule has 22 heavy (non-hydrogen) atoms. The monoisotopic (exact) mass is 310 g/mol. The fourth-order valence-corrected chi connectivity index (χ4v) is 2.98. The fourth-order valence-electron chi connectivity index (χ4n) is 2.29. The lowest BCUT2D eigenvalue weighted by molar-refractivity contribution is -0.133. The highest BCUT2D eigenvalue weighted by atomic mass is 32.2. The lowest BCUT2D eigenvalue weighted by atomic mass is 10.0. The second-order valence-electron chi connectivity index (χ2n) is 4.84. The van der Waals surface area contributed by atoms with Gasteiger partial charge in [-0.05, 0) is 5.56 Å². The van der Waals surface area contributed by atoms with Gasteiger partial charge in [-0.25, -0.2) is 0 Å². The Bertz CT molecular complexity index is 806. The smallest absolute Gasteiger partial charge is 0.313 e. The van der Waals surface area contributed by atoms with Crippen molar-refractivity contribution in [3.8, 4) is 0 Å². The molecule has 0 radical (unpaired) electrons. The van der Waals surface area contributed by atoms with Crippen LogP contribution in [0.5, 0.6) is 0 Å². The number of aromatic nitrogens is 2. The van der Waals surface area contributed by atoms with Crippen molar-refractivity contribution in [2.75, 3.05) is 5.75 Å². The zero-order valence-corrected chi connectivity index (χ0v) is 12.6. The number of aliphatic carboxylic acids is 1. The molecule has 0 saturated heterocycles. The number of hydrogen-bond acceptors (Lipinski definition) is 4. The third-order valence-electron chi connectivity index (χ3n) is 3.28. The summed E-state index contributed by atoms with van der Waals surface area (Å²) in [4.78, 5) is 10.7. The summed E-state index contributed by atoms with van der Waals surface area (Å²) < 4.78 is 0. The molecule has 3 aromatic rings. The summed E-state index contributed by atoms with van der Waals surface area (Å²) >= 11 is 1.20. The highest BCUT2D eigenvalue weighted by Crippen LogP contribution is 2.27. The molecule has 3 rings (SSSR count). The zero-order valence-electron chi connectivity index (χ0n) is 11.8. The van der Waals surface area contributed by atoms with Gasteiger partial charge in [-0.3, -0.25) is 4.79 Å². The number of carbonyl (C=O) groups is 1. The molecule has 4 nitrogen and oxygen atoms in total. The second kappa shape index (κ2) is 6.58. The first-order valence-electron chi connectivity index (χ1n) is 6.87. The van der Waals surface area contributed by atoms with Gasteiger partial charge in [0.05, 0.1) is 11.4 Å². The van der Waals surface area contributed by atoms with Gasteiger partial charge in [0, 0.05) is 17.2 Å². The quantitative estimate of drug-likeness (QED) is 0.732. The summed E-state index contributed by atoms with van der Waals surface area (Å²) in [6.45, 7) is 0. The van der Waals surface area contributed by atoms with E-state index in [1.807, 2.05) is 42.5 Å². The Hall–Kier alpha value is -2.40. The van der Waals surface area contributed by atoms with Crippen LogP contribution in [0.4, 0.5) is 0 Å². The molecule has 0 saturated carbocycles. The van der Waals surface area contributed by atoms with Crippen molar-refractivity contribution in [2.24, 2.45) is 0 Å². The van der Waals surface area contributed by atoms with Crippen molar-refractivity contribution >= 4 is 28.5 Å². The van der Waals surface area contributed by atoms with Gasteiger partial charge >= 0.3 is 5.97 Å². The van der Waals surface area contributed by atoms with Crippen molar-refractivity contribution in [1.82, 2.24) is 10.2 Å². The Morgan fingerprint density at radius 3 is 2.36 bits per heavy atom. The topological polar surface area (TPSA) is 63.1 Å². The fraction of sp³-hybridized carbons (Fsp3) is 0.118. The van der Waals surface area contributed by atoms with Crippen LogP contribution in [-0.4, -0.2) is 27.0 Å². The van der Waals surface area contributed by atoms with Crippen molar-refractivity contribution in [2.45, 2.75) is 11.4 Å². The van der Waals surface area contributed by atoms with Crippen LogP contribution in [-0.2, 0) is 11.2 Å². The molecule has 5 heteroatoms. The lowest BCUT2D eigenvalue weighted by Gasteiger charge is -2.08. The van der Waals surface area contributed by atoms with Crippen molar-refractivity contribution < 1.29 is 9.90 Å². The molecule has 0 amide bonds. The molecule has 0 aliphatic rings. The Morgan fingerprint density at radius 2 is 1.64 bits per heavy atom. The number of nitrogens with zero attached hydrogens (tertiary/aromatic N) is 2.